The van der Waals surface area contributed by atoms with E-state index in [-0.39, 0.29) is 30.6 Å². The van der Waals surface area contributed by atoms with E-state index in [0.717, 1.165) is 12.1 Å². The molecule has 6 heteroatoms. The van der Waals surface area contributed by atoms with Gasteiger partial charge in [-0.05, 0) is 32.5 Å². The van der Waals surface area contributed by atoms with Crippen molar-refractivity contribution in [3.8, 4) is 0 Å². The summed E-state index contributed by atoms with van der Waals surface area (Å²) in [5, 5.41) is 12.8. The van der Waals surface area contributed by atoms with Crippen molar-refractivity contribution in [3.05, 3.63) is 35.4 Å². The highest BCUT2D eigenvalue weighted by Gasteiger charge is 2.21. The van der Waals surface area contributed by atoms with Crippen LogP contribution in [0.1, 0.15) is 32.4 Å². The van der Waals surface area contributed by atoms with E-state index in [1.54, 1.807) is 4.90 Å². The van der Waals surface area contributed by atoms with Gasteiger partial charge >= 0.3 is 0 Å². The lowest BCUT2D eigenvalue weighted by Crippen LogP contribution is -2.41. The Balaban J connectivity index is 2.70. The first-order valence-electron chi connectivity index (χ1n) is 6.98. The fourth-order valence-corrected chi connectivity index (χ4v) is 2.04. The number of nitrogens with zero attached hydrogens (tertiary/aromatic N) is 1. The van der Waals surface area contributed by atoms with Crippen molar-refractivity contribution in [1.29, 1.82) is 0 Å². The van der Waals surface area contributed by atoms with Gasteiger partial charge in [0.1, 0.15) is 11.6 Å². The van der Waals surface area contributed by atoms with Crippen molar-refractivity contribution >= 4 is 5.91 Å². The minimum absolute atomic E-state index is 0.0140. The summed E-state index contributed by atoms with van der Waals surface area (Å²) < 4.78 is 27.2. The average molecular weight is 300 g/mol. The summed E-state index contributed by atoms with van der Waals surface area (Å²) >= 11 is 0. The summed E-state index contributed by atoms with van der Waals surface area (Å²) in [5.41, 5.74) is -0.361. The molecule has 0 aliphatic heterocycles. The van der Waals surface area contributed by atoms with Crippen LogP contribution in [0.4, 0.5) is 8.78 Å². The molecule has 1 unspecified atom stereocenters. The molecule has 1 atom stereocenters. The van der Waals surface area contributed by atoms with Crippen LogP contribution < -0.4 is 5.32 Å². The highest BCUT2D eigenvalue weighted by Crippen LogP contribution is 2.21. The Morgan fingerprint density at radius 1 is 1.33 bits per heavy atom. The van der Waals surface area contributed by atoms with Crippen molar-refractivity contribution < 1.29 is 18.7 Å². The molecular formula is C15H22F2N2O2. The molecule has 1 rings (SSSR count). The Labute approximate surface area is 123 Å². The number of hydrogen-bond acceptors (Lipinski definition) is 3. The molecule has 0 radical (unpaired) electrons. The van der Waals surface area contributed by atoms with Gasteiger partial charge in [0.25, 0.3) is 0 Å². The second-order valence-corrected chi connectivity index (χ2v) is 5.20. The number of rotatable bonds is 7. The third kappa shape index (κ3) is 5.40. The number of carbonyl (C=O) groups is 1. The molecule has 0 spiro atoms. The van der Waals surface area contributed by atoms with Crippen molar-refractivity contribution in [2.24, 2.45) is 0 Å². The first-order chi connectivity index (χ1) is 9.85. The van der Waals surface area contributed by atoms with Crippen LogP contribution in [0, 0.1) is 11.6 Å². The molecule has 0 saturated heterocycles. The van der Waals surface area contributed by atoms with E-state index in [4.69, 9.17) is 0 Å². The molecule has 2 N–H and O–H groups in total. The highest BCUT2D eigenvalue weighted by molar-refractivity contribution is 5.78. The van der Waals surface area contributed by atoms with Gasteiger partial charge in [-0.25, -0.2) is 8.78 Å². The molecule has 1 aromatic carbocycles. The first kappa shape index (κ1) is 17.5. The van der Waals surface area contributed by atoms with Crippen LogP contribution in [0.3, 0.4) is 0 Å². The lowest BCUT2D eigenvalue weighted by atomic mass is 10.1. The maximum atomic E-state index is 13.6. The summed E-state index contributed by atoms with van der Waals surface area (Å²) in [4.78, 5) is 13.3. The van der Waals surface area contributed by atoms with Gasteiger partial charge in [-0.3, -0.25) is 9.69 Å². The number of amides is 1. The number of carbonyl (C=O) groups excluding carboxylic acids is 1. The molecule has 0 heterocycles. The molecule has 1 aromatic rings. The Morgan fingerprint density at radius 3 is 2.38 bits per heavy atom. The van der Waals surface area contributed by atoms with Gasteiger partial charge in [0.2, 0.25) is 5.91 Å². The standard InChI is InChI=1S/C15H22F2N2O2/c1-4-19(9-14(21)18-10(2)3)8-13(20)15-11(16)6-5-7-12(15)17/h5-7,10,13,20H,4,8-9H2,1-3H3,(H,18,21). The maximum absolute atomic E-state index is 13.6. The zero-order valence-electron chi connectivity index (χ0n) is 12.6. The molecule has 0 fully saturated rings. The number of hydrogen-bond donors (Lipinski definition) is 2. The molecule has 0 aliphatic rings. The van der Waals surface area contributed by atoms with Gasteiger partial charge in [-0.2, -0.15) is 0 Å². The Morgan fingerprint density at radius 2 is 1.90 bits per heavy atom. The van der Waals surface area contributed by atoms with Gasteiger partial charge in [0.05, 0.1) is 18.2 Å². The molecule has 0 aliphatic carbocycles. The van der Waals surface area contributed by atoms with Crippen LogP contribution in [-0.4, -0.2) is 41.6 Å². The molecule has 0 saturated carbocycles. The summed E-state index contributed by atoms with van der Waals surface area (Å²) in [6.45, 7) is 6.04. The predicted octanol–water partition coefficient (Wildman–Crippen LogP) is 1.84. The van der Waals surface area contributed by atoms with Crippen LogP contribution >= 0.6 is 0 Å². The van der Waals surface area contributed by atoms with Crippen LogP contribution in [0.2, 0.25) is 0 Å². The Kier molecular flexibility index (Phi) is 6.71. The predicted molar refractivity (Wildman–Crippen MR) is 76.7 cm³/mol. The number of aliphatic hydroxyl groups is 1. The fourth-order valence-electron chi connectivity index (χ4n) is 2.04. The smallest absolute Gasteiger partial charge is 0.234 e. The van der Waals surface area contributed by atoms with Crippen LogP contribution in [0.25, 0.3) is 0 Å². The van der Waals surface area contributed by atoms with E-state index < -0.39 is 17.7 Å². The maximum Gasteiger partial charge on any atom is 0.234 e. The largest absolute Gasteiger partial charge is 0.387 e. The van der Waals surface area contributed by atoms with Crippen molar-refractivity contribution in [1.82, 2.24) is 10.2 Å². The second-order valence-electron chi connectivity index (χ2n) is 5.20. The van der Waals surface area contributed by atoms with Crippen LogP contribution in [0.5, 0.6) is 0 Å². The fraction of sp³-hybridized carbons (Fsp3) is 0.533. The average Bonchev–Trinajstić information content (AvgIpc) is 2.36. The summed E-state index contributed by atoms with van der Waals surface area (Å²) in [6.07, 6.45) is -1.32. The van der Waals surface area contributed by atoms with Gasteiger partial charge < -0.3 is 10.4 Å². The number of likely N-dealkylation sites (N-methyl/N-ethyl adjacent to an activating group) is 1. The van der Waals surface area contributed by atoms with Gasteiger partial charge in [0, 0.05) is 12.6 Å². The van der Waals surface area contributed by atoms with E-state index in [2.05, 4.69) is 5.32 Å². The monoisotopic (exact) mass is 300 g/mol. The molecular weight excluding hydrogens is 278 g/mol. The third-order valence-corrected chi connectivity index (χ3v) is 3.03. The topological polar surface area (TPSA) is 52.6 Å². The number of nitrogens with one attached hydrogen (secondary N) is 1. The molecule has 1 amide bonds. The molecule has 21 heavy (non-hydrogen) atoms. The first-order valence-corrected chi connectivity index (χ1v) is 6.98. The highest BCUT2D eigenvalue weighted by atomic mass is 19.1. The molecule has 0 aromatic heterocycles. The van der Waals surface area contributed by atoms with E-state index in [9.17, 15) is 18.7 Å². The van der Waals surface area contributed by atoms with Crippen molar-refractivity contribution in [2.75, 3.05) is 19.6 Å². The zero-order valence-corrected chi connectivity index (χ0v) is 12.6. The number of aliphatic hydroxyl groups excluding tert-OH is 1. The van der Waals surface area contributed by atoms with Gasteiger partial charge in [-0.1, -0.05) is 13.0 Å². The van der Waals surface area contributed by atoms with Crippen molar-refractivity contribution in [2.45, 2.75) is 32.9 Å². The normalized spacial score (nSPS) is 12.8. The number of halogens is 2. The Bertz CT molecular complexity index is 460. The molecule has 4 nitrogen and oxygen atoms in total. The molecule has 118 valence electrons. The van der Waals surface area contributed by atoms with E-state index >= 15 is 0 Å². The Hall–Kier alpha value is -1.53. The van der Waals surface area contributed by atoms with Gasteiger partial charge in [-0.15, -0.1) is 0 Å². The third-order valence-electron chi connectivity index (χ3n) is 3.03. The molecule has 0 bridgehead atoms. The van der Waals surface area contributed by atoms with Crippen LogP contribution in [-0.2, 0) is 4.79 Å². The minimum atomic E-state index is -1.32. The summed E-state index contributed by atoms with van der Waals surface area (Å²) in [7, 11) is 0. The van der Waals surface area contributed by atoms with Gasteiger partial charge in [0.15, 0.2) is 0 Å². The zero-order chi connectivity index (χ0) is 16.0. The lowest BCUT2D eigenvalue weighted by Gasteiger charge is -2.24. The summed E-state index contributed by atoms with van der Waals surface area (Å²) in [6, 6.07) is 3.46. The quantitative estimate of drug-likeness (QED) is 0.808. The summed E-state index contributed by atoms with van der Waals surface area (Å²) in [5.74, 6) is -1.76. The van der Waals surface area contributed by atoms with E-state index in [1.165, 1.54) is 6.07 Å². The minimum Gasteiger partial charge on any atom is -0.387 e. The lowest BCUT2D eigenvalue weighted by molar-refractivity contribution is -0.123. The van der Waals surface area contributed by atoms with Crippen LogP contribution in [0.15, 0.2) is 18.2 Å². The number of benzene rings is 1. The second kappa shape index (κ2) is 8.05. The van der Waals surface area contributed by atoms with E-state index in [1.807, 2.05) is 20.8 Å². The SMILES string of the molecule is CCN(CC(=O)NC(C)C)CC(O)c1c(F)cccc1F. The van der Waals surface area contributed by atoms with E-state index in [0.29, 0.717) is 6.54 Å². The van der Waals surface area contributed by atoms with Crippen molar-refractivity contribution in [3.63, 3.8) is 0 Å².